The Morgan fingerprint density at radius 2 is 2.14 bits per heavy atom. The van der Waals surface area contributed by atoms with E-state index in [9.17, 15) is 9.59 Å². The molecule has 0 atom stereocenters. The van der Waals surface area contributed by atoms with Gasteiger partial charge in [-0.25, -0.2) is 4.79 Å². The number of hydrogen-bond acceptors (Lipinski definition) is 5. The molecule has 0 fully saturated rings. The number of anilines is 2. The smallest absolute Gasteiger partial charge is 0.354 e. The number of carbonyl (C=O) groups is 2. The molecule has 112 valence electrons. The number of rotatable bonds is 4. The average Bonchev–Trinajstić information content (AvgIpc) is 2.88. The molecule has 21 heavy (non-hydrogen) atoms. The summed E-state index contributed by atoms with van der Waals surface area (Å²) in [5.74, 6) is -0.423. The van der Waals surface area contributed by atoms with Crippen LogP contribution in [0, 0.1) is 0 Å². The first-order valence-corrected chi connectivity index (χ1v) is 6.91. The van der Waals surface area contributed by atoms with Crippen molar-refractivity contribution in [1.82, 2.24) is 0 Å². The van der Waals surface area contributed by atoms with Crippen LogP contribution < -0.4 is 10.3 Å². The third kappa shape index (κ3) is 3.39. The van der Waals surface area contributed by atoms with Crippen molar-refractivity contribution in [3.8, 4) is 0 Å². The molecule has 0 aliphatic carbocycles. The zero-order chi connectivity index (χ0) is 15.4. The van der Waals surface area contributed by atoms with Crippen molar-refractivity contribution in [2.45, 2.75) is 27.2 Å². The Hall–Kier alpha value is -2.37. The molecule has 2 rings (SSSR count). The molecule has 0 radical (unpaired) electrons. The molecular formula is C15H19N3O3. The van der Waals surface area contributed by atoms with Crippen LogP contribution in [0.4, 0.5) is 11.4 Å². The lowest BCUT2D eigenvalue weighted by Crippen LogP contribution is -2.25. The Balaban J connectivity index is 2.13. The minimum atomic E-state index is -0.448. The van der Waals surface area contributed by atoms with Gasteiger partial charge >= 0.3 is 5.97 Å². The normalized spacial score (nSPS) is 13.9. The first-order chi connectivity index (χ1) is 10.0. The number of carbonyl (C=O) groups excluding carboxylic acids is 2. The maximum Gasteiger partial charge on any atom is 0.354 e. The molecule has 6 nitrogen and oxygen atoms in total. The van der Waals surface area contributed by atoms with E-state index in [0.717, 1.165) is 23.4 Å². The number of amides is 1. The van der Waals surface area contributed by atoms with Gasteiger partial charge < -0.3 is 9.64 Å². The van der Waals surface area contributed by atoms with Gasteiger partial charge in [0, 0.05) is 19.2 Å². The van der Waals surface area contributed by atoms with Crippen LogP contribution in [0.15, 0.2) is 23.3 Å². The van der Waals surface area contributed by atoms with Gasteiger partial charge in [-0.1, -0.05) is 6.07 Å². The molecule has 0 saturated carbocycles. The van der Waals surface area contributed by atoms with Crippen LogP contribution in [0.1, 0.15) is 26.3 Å². The summed E-state index contributed by atoms with van der Waals surface area (Å²) in [6.07, 6.45) is 0.861. The monoisotopic (exact) mass is 289 g/mol. The van der Waals surface area contributed by atoms with Crippen molar-refractivity contribution >= 4 is 29.0 Å². The van der Waals surface area contributed by atoms with E-state index in [1.165, 1.54) is 0 Å². The molecule has 1 aliphatic heterocycles. The minimum Gasteiger partial charge on any atom is -0.461 e. The highest BCUT2D eigenvalue weighted by molar-refractivity contribution is 6.35. The largest absolute Gasteiger partial charge is 0.461 e. The van der Waals surface area contributed by atoms with E-state index in [2.05, 4.69) is 10.5 Å². The predicted molar refractivity (Wildman–Crippen MR) is 81.5 cm³/mol. The van der Waals surface area contributed by atoms with Gasteiger partial charge in [-0.3, -0.25) is 10.2 Å². The van der Waals surface area contributed by atoms with Gasteiger partial charge in [0.05, 0.1) is 12.3 Å². The van der Waals surface area contributed by atoms with Gasteiger partial charge in [0.25, 0.3) is 0 Å². The fourth-order valence-corrected chi connectivity index (χ4v) is 2.21. The molecule has 1 heterocycles. The summed E-state index contributed by atoms with van der Waals surface area (Å²) in [5, 5.41) is 4.00. The van der Waals surface area contributed by atoms with Crippen LogP contribution in [0.5, 0.6) is 0 Å². The average molecular weight is 289 g/mol. The lowest BCUT2D eigenvalue weighted by atomic mass is 10.1. The number of benzene rings is 1. The Labute approximate surface area is 123 Å². The van der Waals surface area contributed by atoms with E-state index in [-0.39, 0.29) is 11.6 Å². The topological polar surface area (TPSA) is 71.0 Å². The first kappa shape index (κ1) is 15.0. The number of nitrogens with one attached hydrogen (secondary N) is 1. The second kappa shape index (κ2) is 6.39. The van der Waals surface area contributed by atoms with Crippen LogP contribution in [0.3, 0.4) is 0 Å². The first-order valence-electron chi connectivity index (χ1n) is 6.91. The molecule has 0 spiro atoms. The molecule has 1 aromatic rings. The fourth-order valence-electron chi connectivity index (χ4n) is 2.21. The van der Waals surface area contributed by atoms with Gasteiger partial charge in [0.1, 0.15) is 5.71 Å². The second-order valence-electron chi connectivity index (χ2n) is 4.79. The van der Waals surface area contributed by atoms with Crippen molar-refractivity contribution in [2.24, 2.45) is 5.10 Å². The van der Waals surface area contributed by atoms with Gasteiger partial charge in [-0.15, -0.1) is 0 Å². The van der Waals surface area contributed by atoms with E-state index >= 15 is 0 Å². The number of hydrogen-bond donors (Lipinski definition) is 1. The third-order valence-electron chi connectivity index (χ3n) is 3.28. The quantitative estimate of drug-likeness (QED) is 0.522. The summed E-state index contributed by atoms with van der Waals surface area (Å²) < 4.78 is 4.85. The zero-order valence-electron chi connectivity index (χ0n) is 12.5. The molecule has 1 aliphatic rings. The summed E-state index contributed by atoms with van der Waals surface area (Å²) in [6, 6.07) is 5.71. The zero-order valence-corrected chi connectivity index (χ0v) is 12.5. The molecule has 6 heteroatoms. The predicted octanol–water partition coefficient (Wildman–Crippen LogP) is 1.95. The van der Waals surface area contributed by atoms with Crippen molar-refractivity contribution in [3.05, 3.63) is 23.8 Å². The Kier molecular flexibility index (Phi) is 4.57. The maximum atomic E-state index is 11.6. The molecular weight excluding hydrogens is 270 g/mol. The number of nitrogens with zero attached hydrogens (tertiary/aromatic N) is 2. The fraction of sp³-hybridized carbons (Fsp3) is 0.400. The number of hydrazone groups is 1. The summed E-state index contributed by atoms with van der Waals surface area (Å²) in [5.41, 5.74) is 5.84. The van der Waals surface area contributed by atoms with E-state index in [1.54, 1.807) is 25.7 Å². The van der Waals surface area contributed by atoms with Gasteiger partial charge in [-0.05, 0) is 38.0 Å². The van der Waals surface area contributed by atoms with Crippen molar-refractivity contribution in [3.63, 3.8) is 0 Å². The van der Waals surface area contributed by atoms with Gasteiger partial charge in [0.15, 0.2) is 0 Å². The van der Waals surface area contributed by atoms with Crippen LogP contribution in [-0.4, -0.2) is 30.7 Å². The van der Waals surface area contributed by atoms with Crippen LogP contribution in [0.2, 0.25) is 0 Å². The highest BCUT2D eigenvalue weighted by atomic mass is 16.5. The van der Waals surface area contributed by atoms with Crippen molar-refractivity contribution in [1.29, 1.82) is 0 Å². The maximum absolute atomic E-state index is 11.6. The molecule has 1 N–H and O–H groups in total. The standard InChI is InChI=1S/C15H19N3O3/c1-4-21-15(20)10(2)16-17-13-6-5-12-7-8-18(11(3)19)14(12)9-13/h5-6,9,17H,4,7-8H2,1-3H3/b16-10-. The van der Waals surface area contributed by atoms with E-state index in [1.807, 2.05) is 18.2 Å². The van der Waals surface area contributed by atoms with E-state index in [4.69, 9.17) is 4.74 Å². The molecule has 0 aromatic heterocycles. The highest BCUT2D eigenvalue weighted by Crippen LogP contribution is 2.30. The molecule has 0 bridgehead atoms. The molecule has 1 aromatic carbocycles. The Bertz CT molecular complexity index is 596. The van der Waals surface area contributed by atoms with Gasteiger partial charge in [0.2, 0.25) is 5.91 Å². The van der Waals surface area contributed by atoms with E-state index in [0.29, 0.717) is 13.2 Å². The SMILES string of the molecule is CCOC(=O)/C(C)=N\Nc1ccc2c(c1)N(C(C)=O)CC2. The minimum absolute atomic E-state index is 0.0251. The van der Waals surface area contributed by atoms with Crippen LogP contribution >= 0.6 is 0 Å². The lowest BCUT2D eigenvalue weighted by Gasteiger charge is -2.15. The number of esters is 1. The molecule has 1 amide bonds. The van der Waals surface area contributed by atoms with Crippen molar-refractivity contribution < 1.29 is 14.3 Å². The number of ether oxygens (including phenoxy) is 1. The lowest BCUT2D eigenvalue weighted by molar-refractivity contribution is -0.135. The Morgan fingerprint density at radius 3 is 2.81 bits per heavy atom. The molecule has 0 saturated heterocycles. The molecule has 0 unspecified atom stereocenters. The van der Waals surface area contributed by atoms with Crippen LogP contribution in [0.25, 0.3) is 0 Å². The van der Waals surface area contributed by atoms with Crippen LogP contribution in [-0.2, 0) is 20.7 Å². The third-order valence-corrected chi connectivity index (χ3v) is 3.28. The summed E-state index contributed by atoms with van der Waals surface area (Å²) in [7, 11) is 0. The Morgan fingerprint density at radius 1 is 1.38 bits per heavy atom. The van der Waals surface area contributed by atoms with Crippen molar-refractivity contribution in [2.75, 3.05) is 23.5 Å². The van der Waals surface area contributed by atoms with E-state index < -0.39 is 5.97 Å². The summed E-state index contributed by atoms with van der Waals surface area (Å²) in [6.45, 7) is 5.91. The summed E-state index contributed by atoms with van der Waals surface area (Å²) >= 11 is 0. The number of fused-ring (bicyclic) bond motifs is 1. The second-order valence-corrected chi connectivity index (χ2v) is 4.79. The highest BCUT2D eigenvalue weighted by Gasteiger charge is 2.22. The summed E-state index contributed by atoms with van der Waals surface area (Å²) in [4.78, 5) is 24.7. The van der Waals surface area contributed by atoms with Gasteiger partial charge in [-0.2, -0.15) is 5.10 Å².